The standard InChI is InChI=1S/C18H15NO3/c20-18(17-7-4-12-21-17)19-13-14-8-10-16(11-9-14)22-15-5-2-1-3-6-15/h1-12H,13H2,(H,19,20). The molecule has 0 saturated heterocycles. The van der Waals surface area contributed by atoms with E-state index in [4.69, 9.17) is 9.15 Å². The molecule has 4 nitrogen and oxygen atoms in total. The van der Waals surface area contributed by atoms with Crippen LogP contribution in [0.4, 0.5) is 0 Å². The summed E-state index contributed by atoms with van der Waals surface area (Å²) in [5.74, 6) is 1.63. The van der Waals surface area contributed by atoms with Crippen LogP contribution in [0.15, 0.2) is 77.4 Å². The van der Waals surface area contributed by atoms with E-state index in [0.29, 0.717) is 12.3 Å². The number of carbonyl (C=O) groups excluding carboxylic acids is 1. The van der Waals surface area contributed by atoms with Gasteiger partial charge in [0.1, 0.15) is 11.5 Å². The first kappa shape index (κ1) is 13.9. The lowest BCUT2D eigenvalue weighted by molar-refractivity contribution is 0.0923. The minimum Gasteiger partial charge on any atom is -0.459 e. The van der Waals surface area contributed by atoms with Crippen molar-refractivity contribution in [3.05, 3.63) is 84.3 Å². The Kier molecular flexibility index (Phi) is 4.20. The van der Waals surface area contributed by atoms with Crippen molar-refractivity contribution in [2.24, 2.45) is 0 Å². The Hall–Kier alpha value is -3.01. The summed E-state index contributed by atoms with van der Waals surface area (Å²) in [6.07, 6.45) is 1.48. The molecule has 2 aromatic carbocycles. The van der Waals surface area contributed by atoms with Crippen molar-refractivity contribution in [2.75, 3.05) is 0 Å². The van der Waals surface area contributed by atoms with Gasteiger partial charge < -0.3 is 14.5 Å². The average molecular weight is 293 g/mol. The molecule has 0 aliphatic heterocycles. The largest absolute Gasteiger partial charge is 0.459 e. The first-order valence-electron chi connectivity index (χ1n) is 6.95. The van der Waals surface area contributed by atoms with Crippen molar-refractivity contribution >= 4 is 5.91 Å². The third-order valence-electron chi connectivity index (χ3n) is 3.10. The Balaban J connectivity index is 1.56. The second kappa shape index (κ2) is 6.63. The molecule has 0 bridgehead atoms. The lowest BCUT2D eigenvalue weighted by Gasteiger charge is -2.07. The monoisotopic (exact) mass is 293 g/mol. The van der Waals surface area contributed by atoms with E-state index in [1.165, 1.54) is 6.26 Å². The lowest BCUT2D eigenvalue weighted by atomic mass is 10.2. The molecule has 0 spiro atoms. The zero-order chi connectivity index (χ0) is 15.2. The average Bonchev–Trinajstić information content (AvgIpc) is 3.09. The summed E-state index contributed by atoms with van der Waals surface area (Å²) in [6, 6.07) is 20.5. The van der Waals surface area contributed by atoms with E-state index in [1.807, 2.05) is 54.6 Å². The van der Waals surface area contributed by atoms with Crippen LogP contribution in [0.5, 0.6) is 11.5 Å². The highest BCUT2D eigenvalue weighted by atomic mass is 16.5. The van der Waals surface area contributed by atoms with Crippen molar-refractivity contribution in [1.82, 2.24) is 5.32 Å². The molecule has 1 N–H and O–H groups in total. The van der Waals surface area contributed by atoms with Crippen molar-refractivity contribution in [1.29, 1.82) is 0 Å². The zero-order valence-electron chi connectivity index (χ0n) is 11.9. The fourth-order valence-electron chi connectivity index (χ4n) is 1.98. The summed E-state index contributed by atoms with van der Waals surface area (Å²) >= 11 is 0. The van der Waals surface area contributed by atoms with Gasteiger partial charge in [0.2, 0.25) is 0 Å². The van der Waals surface area contributed by atoms with Crippen LogP contribution >= 0.6 is 0 Å². The van der Waals surface area contributed by atoms with Gasteiger partial charge in [-0.3, -0.25) is 4.79 Å². The Bertz CT molecular complexity index is 719. The molecule has 0 fully saturated rings. The van der Waals surface area contributed by atoms with E-state index in [0.717, 1.165) is 17.1 Å². The van der Waals surface area contributed by atoms with E-state index < -0.39 is 0 Å². The summed E-state index contributed by atoms with van der Waals surface area (Å²) in [4.78, 5) is 11.8. The molecule has 110 valence electrons. The lowest BCUT2D eigenvalue weighted by Crippen LogP contribution is -2.22. The normalized spacial score (nSPS) is 10.2. The quantitative estimate of drug-likeness (QED) is 0.773. The van der Waals surface area contributed by atoms with Gasteiger partial charge >= 0.3 is 0 Å². The fourth-order valence-corrected chi connectivity index (χ4v) is 1.98. The highest BCUT2D eigenvalue weighted by Crippen LogP contribution is 2.21. The molecule has 3 rings (SSSR count). The van der Waals surface area contributed by atoms with Crippen molar-refractivity contribution in [3.8, 4) is 11.5 Å². The predicted molar refractivity (Wildman–Crippen MR) is 82.8 cm³/mol. The summed E-state index contributed by atoms with van der Waals surface area (Å²) < 4.78 is 10.8. The van der Waals surface area contributed by atoms with Crippen molar-refractivity contribution in [2.45, 2.75) is 6.54 Å². The molecule has 0 saturated carbocycles. The number of furan rings is 1. The molecular formula is C18H15NO3. The van der Waals surface area contributed by atoms with E-state index in [1.54, 1.807) is 12.1 Å². The van der Waals surface area contributed by atoms with Crippen LogP contribution in [0.3, 0.4) is 0 Å². The van der Waals surface area contributed by atoms with Crippen LogP contribution in [-0.4, -0.2) is 5.91 Å². The van der Waals surface area contributed by atoms with Gasteiger partial charge in [-0.15, -0.1) is 0 Å². The molecule has 0 unspecified atom stereocenters. The molecule has 0 aliphatic rings. The number of amides is 1. The van der Waals surface area contributed by atoms with Crippen LogP contribution < -0.4 is 10.1 Å². The highest BCUT2D eigenvalue weighted by Gasteiger charge is 2.07. The number of rotatable bonds is 5. The second-order valence-corrected chi connectivity index (χ2v) is 4.72. The fraction of sp³-hybridized carbons (Fsp3) is 0.0556. The maximum absolute atomic E-state index is 11.8. The van der Waals surface area contributed by atoms with E-state index in [9.17, 15) is 4.79 Å². The Morgan fingerprint density at radius 2 is 1.64 bits per heavy atom. The number of hydrogen-bond donors (Lipinski definition) is 1. The third kappa shape index (κ3) is 3.55. The number of nitrogens with one attached hydrogen (secondary N) is 1. The molecule has 3 aromatic rings. The molecule has 1 amide bonds. The maximum Gasteiger partial charge on any atom is 0.287 e. The van der Waals surface area contributed by atoms with Gasteiger partial charge in [-0.2, -0.15) is 0 Å². The minimum absolute atomic E-state index is 0.227. The summed E-state index contributed by atoms with van der Waals surface area (Å²) in [6.45, 7) is 0.436. The van der Waals surface area contributed by atoms with Gasteiger partial charge in [0.05, 0.1) is 6.26 Å². The van der Waals surface area contributed by atoms with Crippen LogP contribution in [-0.2, 0) is 6.54 Å². The maximum atomic E-state index is 11.8. The topological polar surface area (TPSA) is 51.5 Å². The molecule has 0 radical (unpaired) electrons. The van der Waals surface area contributed by atoms with Crippen LogP contribution in [0, 0.1) is 0 Å². The van der Waals surface area contributed by atoms with Crippen LogP contribution in [0.2, 0.25) is 0 Å². The van der Waals surface area contributed by atoms with Gasteiger partial charge in [-0.05, 0) is 42.0 Å². The summed E-state index contributed by atoms with van der Waals surface area (Å²) in [5.41, 5.74) is 0.986. The van der Waals surface area contributed by atoms with Gasteiger partial charge in [0.25, 0.3) is 5.91 Å². The Morgan fingerprint density at radius 3 is 2.32 bits per heavy atom. The number of para-hydroxylation sites is 1. The number of hydrogen-bond acceptors (Lipinski definition) is 3. The van der Waals surface area contributed by atoms with Crippen LogP contribution in [0.25, 0.3) is 0 Å². The smallest absolute Gasteiger partial charge is 0.287 e. The molecule has 1 aromatic heterocycles. The first-order valence-corrected chi connectivity index (χ1v) is 6.95. The van der Waals surface area contributed by atoms with E-state index in [2.05, 4.69) is 5.32 Å². The van der Waals surface area contributed by atoms with Gasteiger partial charge in [0, 0.05) is 6.54 Å². The minimum atomic E-state index is -0.227. The first-order chi connectivity index (χ1) is 10.8. The molecular weight excluding hydrogens is 278 g/mol. The molecule has 0 aliphatic carbocycles. The molecule has 4 heteroatoms. The number of benzene rings is 2. The Morgan fingerprint density at radius 1 is 0.909 bits per heavy atom. The SMILES string of the molecule is O=C(NCc1ccc(Oc2ccccc2)cc1)c1ccco1. The molecule has 1 heterocycles. The number of carbonyl (C=O) groups is 1. The third-order valence-corrected chi connectivity index (χ3v) is 3.10. The van der Waals surface area contributed by atoms with Crippen molar-refractivity contribution < 1.29 is 13.9 Å². The van der Waals surface area contributed by atoms with Gasteiger partial charge in [0.15, 0.2) is 5.76 Å². The second-order valence-electron chi connectivity index (χ2n) is 4.72. The van der Waals surface area contributed by atoms with E-state index in [-0.39, 0.29) is 5.91 Å². The van der Waals surface area contributed by atoms with Gasteiger partial charge in [-0.25, -0.2) is 0 Å². The van der Waals surface area contributed by atoms with Crippen molar-refractivity contribution in [3.63, 3.8) is 0 Å². The van der Waals surface area contributed by atoms with E-state index >= 15 is 0 Å². The van der Waals surface area contributed by atoms with Crippen LogP contribution in [0.1, 0.15) is 16.1 Å². The summed E-state index contributed by atoms with van der Waals surface area (Å²) in [7, 11) is 0. The zero-order valence-corrected chi connectivity index (χ0v) is 11.9. The predicted octanol–water partition coefficient (Wildman–Crippen LogP) is 4.00. The Labute approximate surface area is 128 Å². The number of ether oxygens (including phenoxy) is 1. The summed E-state index contributed by atoms with van der Waals surface area (Å²) in [5, 5.41) is 2.80. The molecule has 22 heavy (non-hydrogen) atoms. The van der Waals surface area contributed by atoms with Gasteiger partial charge in [-0.1, -0.05) is 30.3 Å². The molecule has 0 atom stereocenters. The highest BCUT2D eigenvalue weighted by molar-refractivity contribution is 5.91.